The van der Waals surface area contributed by atoms with Crippen molar-refractivity contribution in [2.45, 2.75) is 12.5 Å². The Hall–Kier alpha value is -3.64. The zero-order chi connectivity index (χ0) is 21.8. The van der Waals surface area contributed by atoms with Gasteiger partial charge in [-0.1, -0.05) is 29.8 Å². The molecule has 0 bridgehead atoms. The van der Waals surface area contributed by atoms with Gasteiger partial charge in [-0.15, -0.1) is 0 Å². The minimum absolute atomic E-state index is 0.213. The molecular formula is C24H19ClN2O4. The summed E-state index contributed by atoms with van der Waals surface area (Å²) in [5.74, 6) is -0.600. The van der Waals surface area contributed by atoms with E-state index in [9.17, 15) is 14.7 Å². The number of hydrogen-bond acceptors (Lipinski definition) is 4. The summed E-state index contributed by atoms with van der Waals surface area (Å²) < 4.78 is 5.93. The topological polar surface area (TPSA) is 88.5 Å². The van der Waals surface area contributed by atoms with Crippen molar-refractivity contribution in [1.29, 1.82) is 0 Å². The summed E-state index contributed by atoms with van der Waals surface area (Å²) in [5, 5.41) is 12.5. The van der Waals surface area contributed by atoms with E-state index in [1.54, 1.807) is 48.8 Å². The molecule has 156 valence electrons. The first kappa shape index (κ1) is 20.6. The average Bonchev–Trinajstić information content (AvgIpc) is 3.21. The smallest absolute Gasteiger partial charge is 0.335 e. The van der Waals surface area contributed by atoms with Gasteiger partial charge in [-0.3, -0.25) is 9.78 Å². The van der Waals surface area contributed by atoms with Crippen molar-refractivity contribution in [3.63, 3.8) is 0 Å². The van der Waals surface area contributed by atoms with Crippen LogP contribution in [0.25, 0.3) is 17.2 Å². The Morgan fingerprint density at radius 3 is 2.84 bits per heavy atom. The van der Waals surface area contributed by atoms with Gasteiger partial charge in [0.1, 0.15) is 11.9 Å². The molecule has 0 aliphatic carbocycles. The van der Waals surface area contributed by atoms with Gasteiger partial charge in [0.25, 0.3) is 0 Å². The SMILES string of the molecule is O=C(C=Cc1cccnc1)NCC1Cc2cc(-c3cccc(C(=O)O)c3)cc(Cl)c2O1. The van der Waals surface area contributed by atoms with E-state index in [-0.39, 0.29) is 17.6 Å². The number of halogens is 1. The van der Waals surface area contributed by atoms with E-state index in [2.05, 4.69) is 10.3 Å². The number of carbonyl (C=O) groups is 2. The molecule has 1 amide bonds. The molecule has 1 unspecified atom stereocenters. The fourth-order valence-corrected chi connectivity index (χ4v) is 3.70. The Morgan fingerprint density at radius 1 is 1.19 bits per heavy atom. The molecule has 2 heterocycles. The number of nitrogens with one attached hydrogen (secondary N) is 1. The molecule has 0 spiro atoms. The zero-order valence-electron chi connectivity index (χ0n) is 16.4. The molecule has 31 heavy (non-hydrogen) atoms. The largest absolute Gasteiger partial charge is 0.486 e. The van der Waals surface area contributed by atoms with Crippen LogP contribution in [0.5, 0.6) is 5.75 Å². The summed E-state index contributed by atoms with van der Waals surface area (Å²) in [6.07, 6.45) is 6.86. The van der Waals surface area contributed by atoms with E-state index in [4.69, 9.17) is 16.3 Å². The van der Waals surface area contributed by atoms with Gasteiger partial charge in [-0.25, -0.2) is 4.79 Å². The van der Waals surface area contributed by atoms with E-state index in [0.29, 0.717) is 23.7 Å². The highest BCUT2D eigenvalue weighted by Crippen LogP contribution is 2.39. The van der Waals surface area contributed by atoms with E-state index in [1.165, 1.54) is 6.08 Å². The molecule has 7 heteroatoms. The number of nitrogens with zero attached hydrogens (tertiary/aromatic N) is 1. The second-order valence-electron chi connectivity index (χ2n) is 7.14. The van der Waals surface area contributed by atoms with Gasteiger partial charge in [0.2, 0.25) is 5.91 Å². The van der Waals surface area contributed by atoms with Crippen LogP contribution < -0.4 is 10.1 Å². The molecule has 1 aliphatic rings. The number of carbonyl (C=O) groups excluding carboxylic acids is 1. The van der Waals surface area contributed by atoms with Gasteiger partial charge in [0.05, 0.1) is 17.1 Å². The molecule has 0 radical (unpaired) electrons. The molecule has 0 fully saturated rings. The fraction of sp³-hybridized carbons (Fsp3) is 0.125. The number of benzene rings is 2. The lowest BCUT2D eigenvalue weighted by Crippen LogP contribution is -2.33. The van der Waals surface area contributed by atoms with Gasteiger partial charge in [-0.05, 0) is 53.1 Å². The highest BCUT2D eigenvalue weighted by molar-refractivity contribution is 6.32. The number of aromatic nitrogens is 1. The molecule has 2 N–H and O–H groups in total. The van der Waals surface area contributed by atoms with Crippen LogP contribution in [-0.4, -0.2) is 34.6 Å². The van der Waals surface area contributed by atoms with Gasteiger partial charge in [0.15, 0.2) is 0 Å². The Morgan fingerprint density at radius 2 is 2.06 bits per heavy atom. The maximum atomic E-state index is 12.1. The highest BCUT2D eigenvalue weighted by atomic mass is 35.5. The van der Waals surface area contributed by atoms with Crippen LogP contribution >= 0.6 is 11.6 Å². The minimum atomic E-state index is -0.981. The second-order valence-corrected chi connectivity index (χ2v) is 7.55. The van der Waals surface area contributed by atoms with Crippen LogP contribution in [0.4, 0.5) is 0 Å². The quantitative estimate of drug-likeness (QED) is 0.567. The van der Waals surface area contributed by atoms with Gasteiger partial charge >= 0.3 is 5.97 Å². The van der Waals surface area contributed by atoms with Crippen molar-refractivity contribution in [2.75, 3.05) is 6.54 Å². The second kappa shape index (κ2) is 9.02. The zero-order valence-corrected chi connectivity index (χ0v) is 17.2. The average molecular weight is 435 g/mol. The van der Waals surface area contributed by atoms with Crippen molar-refractivity contribution < 1.29 is 19.4 Å². The molecule has 3 aromatic rings. The number of amides is 1. The molecule has 0 saturated heterocycles. The molecule has 6 nitrogen and oxygen atoms in total. The summed E-state index contributed by atoms with van der Waals surface area (Å²) in [7, 11) is 0. The van der Waals surface area contributed by atoms with E-state index in [0.717, 1.165) is 22.3 Å². The number of pyridine rings is 1. The summed E-state index contributed by atoms with van der Waals surface area (Å²) in [5.41, 5.74) is 3.56. The van der Waals surface area contributed by atoms with Gasteiger partial charge < -0.3 is 15.2 Å². The first-order chi connectivity index (χ1) is 15.0. The van der Waals surface area contributed by atoms with Crippen LogP contribution in [0.15, 0.2) is 67.0 Å². The number of rotatable bonds is 6. The van der Waals surface area contributed by atoms with Gasteiger partial charge in [0, 0.05) is 30.5 Å². The van der Waals surface area contributed by atoms with E-state index >= 15 is 0 Å². The highest BCUT2D eigenvalue weighted by Gasteiger charge is 2.26. The lowest BCUT2D eigenvalue weighted by molar-refractivity contribution is -0.116. The van der Waals surface area contributed by atoms with Crippen molar-refractivity contribution in [1.82, 2.24) is 10.3 Å². The first-order valence-corrected chi connectivity index (χ1v) is 10.1. The summed E-state index contributed by atoms with van der Waals surface area (Å²) in [6, 6.07) is 14.1. The number of carboxylic acids is 1. The maximum Gasteiger partial charge on any atom is 0.335 e. The van der Waals surface area contributed by atoms with E-state index < -0.39 is 5.97 Å². The third-order valence-corrected chi connectivity index (χ3v) is 5.19. The Kier molecular flexibility index (Phi) is 6.00. The Balaban J connectivity index is 1.41. The molecular weight excluding hydrogens is 416 g/mol. The minimum Gasteiger partial charge on any atom is -0.486 e. The van der Waals surface area contributed by atoms with Crippen molar-refractivity contribution in [3.8, 4) is 16.9 Å². The first-order valence-electron chi connectivity index (χ1n) is 9.68. The third kappa shape index (κ3) is 4.92. The van der Waals surface area contributed by atoms with Crippen LogP contribution in [0.3, 0.4) is 0 Å². The standard InChI is InChI=1S/C24H19ClN2O4/c25-21-12-18(16-4-1-5-17(9-16)24(29)30)10-19-11-20(31-23(19)21)14-27-22(28)7-6-15-3-2-8-26-13-15/h1-10,12-13,20H,11,14H2,(H,27,28)(H,29,30). The molecule has 1 aromatic heterocycles. The van der Waals surface area contributed by atoms with Crippen molar-refractivity contribution in [3.05, 3.63) is 88.7 Å². The van der Waals surface area contributed by atoms with Crippen LogP contribution in [-0.2, 0) is 11.2 Å². The Bertz CT molecular complexity index is 1160. The number of aromatic carboxylic acids is 1. The van der Waals surface area contributed by atoms with Crippen LogP contribution in [0.2, 0.25) is 5.02 Å². The summed E-state index contributed by atoms with van der Waals surface area (Å²) in [4.78, 5) is 27.3. The summed E-state index contributed by atoms with van der Waals surface area (Å²) >= 11 is 6.43. The number of ether oxygens (including phenoxy) is 1. The van der Waals surface area contributed by atoms with Gasteiger partial charge in [-0.2, -0.15) is 0 Å². The van der Waals surface area contributed by atoms with E-state index in [1.807, 2.05) is 18.2 Å². The predicted molar refractivity (Wildman–Crippen MR) is 118 cm³/mol. The number of carboxylic acid groups (broad SMARTS) is 1. The maximum absolute atomic E-state index is 12.1. The molecule has 0 saturated carbocycles. The molecule has 4 rings (SSSR count). The number of fused-ring (bicyclic) bond motifs is 1. The Labute approximate surface area is 184 Å². The normalized spacial score (nSPS) is 14.8. The fourth-order valence-electron chi connectivity index (χ4n) is 3.42. The summed E-state index contributed by atoms with van der Waals surface area (Å²) in [6.45, 7) is 0.338. The lowest BCUT2D eigenvalue weighted by atomic mass is 9.99. The van der Waals surface area contributed by atoms with Crippen LogP contribution in [0, 0.1) is 0 Å². The van der Waals surface area contributed by atoms with Crippen molar-refractivity contribution in [2.24, 2.45) is 0 Å². The molecule has 1 atom stereocenters. The van der Waals surface area contributed by atoms with Crippen LogP contribution in [0.1, 0.15) is 21.5 Å². The predicted octanol–water partition coefficient (Wildman–Crippen LogP) is 4.23. The lowest BCUT2D eigenvalue weighted by Gasteiger charge is -2.11. The third-order valence-electron chi connectivity index (χ3n) is 4.91. The monoisotopic (exact) mass is 434 g/mol. The molecule has 1 aliphatic heterocycles. The molecule has 2 aromatic carbocycles. The van der Waals surface area contributed by atoms with Crippen molar-refractivity contribution >= 4 is 29.6 Å². The number of hydrogen-bond donors (Lipinski definition) is 2.